The average Bonchev–Trinajstić information content (AvgIpc) is 3.09. The van der Waals surface area contributed by atoms with E-state index in [4.69, 9.17) is 4.74 Å². The van der Waals surface area contributed by atoms with Crippen LogP contribution in [0.5, 0.6) is 0 Å². The standard InChI is InChI=1S/C31H42N2O3/c1-29-10-8-22-15-24-27(34)28(35)25(33(2)3)16-30(24)11-12-31(22,36-18-30)26(29)7-6-23(29)20-5-4-19-9-13-32-17-21(19)14-20/h4-5,9,13-14,17,22-28,34-35H,6-8,10-12,15-16,18H2,1-3H3/t22-,23-,24-,25+,26-,27-,28-,29-,30+,31-/m1/s1. The van der Waals surface area contributed by atoms with Gasteiger partial charge in [0.15, 0.2) is 0 Å². The molecule has 2 aliphatic heterocycles. The molecule has 1 aromatic carbocycles. The van der Waals surface area contributed by atoms with Crippen molar-refractivity contribution < 1.29 is 14.9 Å². The van der Waals surface area contributed by atoms with Gasteiger partial charge in [-0.1, -0.05) is 19.1 Å². The molecule has 3 heterocycles. The first-order valence-corrected chi connectivity index (χ1v) is 14.3. The van der Waals surface area contributed by atoms with Crippen LogP contribution >= 0.6 is 0 Å². The van der Waals surface area contributed by atoms with Crippen LogP contribution in [-0.4, -0.2) is 64.6 Å². The highest BCUT2D eigenvalue weighted by atomic mass is 16.5. The summed E-state index contributed by atoms with van der Waals surface area (Å²) in [6, 6.07) is 9.13. The zero-order chi connectivity index (χ0) is 24.9. The number of fused-ring (bicyclic) bond motifs is 4. The van der Waals surface area contributed by atoms with E-state index in [9.17, 15) is 10.2 Å². The number of aliphatic hydroxyl groups is 2. The number of nitrogens with zero attached hydrogens (tertiary/aromatic N) is 2. The minimum atomic E-state index is -0.671. The van der Waals surface area contributed by atoms with Gasteiger partial charge in [-0.05, 0) is 118 Å². The quantitative estimate of drug-likeness (QED) is 0.636. The lowest BCUT2D eigenvalue weighted by molar-refractivity contribution is -0.224. The van der Waals surface area contributed by atoms with Crippen LogP contribution in [0.15, 0.2) is 36.7 Å². The van der Waals surface area contributed by atoms with Gasteiger partial charge in [-0.2, -0.15) is 0 Å². The Morgan fingerprint density at radius 2 is 1.86 bits per heavy atom. The maximum absolute atomic E-state index is 11.4. The van der Waals surface area contributed by atoms with Crippen LogP contribution < -0.4 is 0 Å². The largest absolute Gasteiger partial charge is 0.390 e. The highest BCUT2D eigenvalue weighted by Crippen LogP contribution is 2.70. The number of pyridine rings is 1. The fourth-order valence-corrected chi connectivity index (χ4v) is 10.2. The molecule has 5 heteroatoms. The Labute approximate surface area is 215 Å². The number of likely N-dealkylation sites (N-methyl/N-ethyl adjacent to an activating group) is 1. The van der Waals surface area contributed by atoms with E-state index in [2.05, 4.69) is 41.1 Å². The normalized spacial score (nSPS) is 47.9. The van der Waals surface area contributed by atoms with Crippen molar-refractivity contribution in [1.29, 1.82) is 0 Å². The molecule has 2 bridgehead atoms. The molecule has 4 aliphatic carbocycles. The maximum atomic E-state index is 11.4. The van der Waals surface area contributed by atoms with Crippen molar-refractivity contribution in [1.82, 2.24) is 9.88 Å². The van der Waals surface area contributed by atoms with Crippen LogP contribution in [0.2, 0.25) is 0 Å². The van der Waals surface area contributed by atoms with Crippen molar-refractivity contribution in [2.75, 3.05) is 20.7 Å². The third-order valence-electron chi connectivity index (χ3n) is 12.1. The molecule has 4 saturated carbocycles. The SMILES string of the molecule is CN(C)[C@H]1C[C@@]23CC[C@@]4(OC2)[C@H](CC[C@]2(C)[C@@H](c5ccc6ccncc6c5)CC[C@H]24)C[C@@H]3[C@@H](O)[C@@H]1O. The third-order valence-corrected chi connectivity index (χ3v) is 12.1. The Kier molecular flexibility index (Phi) is 5.23. The number of aliphatic hydroxyl groups excluding tert-OH is 2. The summed E-state index contributed by atoms with van der Waals surface area (Å²) in [5.74, 6) is 1.75. The molecule has 6 fully saturated rings. The first-order valence-electron chi connectivity index (χ1n) is 14.3. The Bertz CT molecular complexity index is 1160. The smallest absolute Gasteiger partial charge is 0.0956 e. The lowest BCUT2D eigenvalue weighted by Crippen LogP contribution is -2.62. The first kappa shape index (κ1) is 23.6. The third kappa shape index (κ3) is 3.06. The summed E-state index contributed by atoms with van der Waals surface area (Å²) in [6.07, 6.45) is 11.6. The molecule has 2 spiro atoms. The van der Waals surface area contributed by atoms with Crippen LogP contribution in [0.25, 0.3) is 10.8 Å². The van der Waals surface area contributed by atoms with E-state index in [-0.39, 0.29) is 28.4 Å². The lowest BCUT2D eigenvalue weighted by atomic mass is 9.53. The van der Waals surface area contributed by atoms with E-state index >= 15 is 0 Å². The summed E-state index contributed by atoms with van der Waals surface area (Å²) in [5.41, 5.74) is 1.63. The molecule has 8 rings (SSSR count). The molecule has 2 N–H and O–H groups in total. The van der Waals surface area contributed by atoms with Gasteiger partial charge in [0.05, 0.1) is 24.4 Å². The Balaban J connectivity index is 1.23. The average molecular weight is 491 g/mol. The second-order valence-corrected chi connectivity index (χ2v) is 13.6. The molecule has 1 aromatic heterocycles. The van der Waals surface area contributed by atoms with Crippen LogP contribution in [0.1, 0.15) is 69.8 Å². The Morgan fingerprint density at radius 3 is 2.64 bits per heavy atom. The molecular formula is C31H42N2O3. The van der Waals surface area contributed by atoms with E-state index in [0.717, 1.165) is 32.3 Å². The van der Waals surface area contributed by atoms with Crippen molar-refractivity contribution in [3.8, 4) is 0 Å². The van der Waals surface area contributed by atoms with Crippen LogP contribution in [0, 0.1) is 28.6 Å². The summed E-state index contributed by atoms with van der Waals surface area (Å²) in [7, 11) is 4.07. The minimum absolute atomic E-state index is 0.00227. The van der Waals surface area contributed by atoms with Crippen molar-refractivity contribution in [2.24, 2.45) is 28.6 Å². The fourth-order valence-electron chi connectivity index (χ4n) is 10.2. The van der Waals surface area contributed by atoms with E-state index < -0.39 is 12.2 Å². The summed E-state index contributed by atoms with van der Waals surface area (Å²) in [6.45, 7) is 3.31. The molecule has 0 unspecified atom stereocenters. The predicted molar refractivity (Wildman–Crippen MR) is 141 cm³/mol. The van der Waals surface area contributed by atoms with Crippen LogP contribution in [0.3, 0.4) is 0 Å². The number of rotatable bonds is 2. The topological polar surface area (TPSA) is 65.8 Å². The summed E-state index contributed by atoms with van der Waals surface area (Å²) in [4.78, 5) is 6.48. The van der Waals surface area contributed by atoms with Crippen molar-refractivity contribution in [3.63, 3.8) is 0 Å². The van der Waals surface area contributed by atoms with Gasteiger partial charge < -0.3 is 19.8 Å². The Morgan fingerprint density at radius 1 is 1.00 bits per heavy atom. The predicted octanol–water partition coefficient (Wildman–Crippen LogP) is 4.76. The molecule has 2 saturated heterocycles. The van der Waals surface area contributed by atoms with Crippen LogP contribution in [0.4, 0.5) is 0 Å². The van der Waals surface area contributed by atoms with Gasteiger partial charge in [-0.25, -0.2) is 0 Å². The lowest BCUT2D eigenvalue weighted by Gasteiger charge is -2.58. The number of ether oxygens (including phenoxy) is 1. The number of hydrogen-bond acceptors (Lipinski definition) is 5. The van der Waals surface area contributed by atoms with E-state index in [0.29, 0.717) is 17.8 Å². The zero-order valence-electron chi connectivity index (χ0n) is 22.1. The number of aromatic nitrogens is 1. The summed E-state index contributed by atoms with van der Waals surface area (Å²) >= 11 is 0. The first-order chi connectivity index (χ1) is 17.3. The van der Waals surface area contributed by atoms with Gasteiger partial charge in [0.1, 0.15) is 0 Å². The highest BCUT2D eigenvalue weighted by Gasteiger charge is 2.68. The van der Waals surface area contributed by atoms with Crippen molar-refractivity contribution >= 4 is 10.8 Å². The minimum Gasteiger partial charge on any atom is -0.390 e. The summed E-state index contributed by atoms with van der Waals surface area (Å²) < 4.78 is 7.18. The second kappa shape index (κ2) is 7.99. The van der Waals surface area contributed by atoms with Crippen molar-refractivity contribution in [2.45, 2.75) is 88.1 Å². The summed E-state index contributed by atoms with van der Waals surface area (Å²) in [5, 5.41) is 25.0. The molecule has 36 heavy (non-hydrogen) atoms. The molecule has 6 aliphatic rings. The second-order valence-electron chi connectivity index (χ2n) is 13.6. The molecule has 5 nitrogen and oxygen atoms in total. The van der Waals surface area contributed by atoms with E-state index in [1.165, 1.54) is 42.0 Å². The fraction of sp³-hybridized carbons (Fsp3) is 0.710. The maximum Gasteiger partial charge on any atom is 0.0956 e. The molecule has 10 atom stereocenters. The van der Waals surface area contributed by atoms with Crippen molar-refractivity contribution in [3.05, 3.63) is 42.2 Å². The van der Waals surface area contributed by atoms with Gasteiger partial charge >= 0.3 is 0 Å². The van der Waals surface area contributed by atoms with Gasteiger partial charge in [-0.15, -0.1) is 0 Å². The van der Waals surface area contributed by atoms with Crippen LogP contribution in [-0.2, 0) is 4.74 Å². The monoisotopic (exact) mass is 490 g/mol. The van der Waals surface area contributed by atoms with Gasteiger partial charge in [0.2, 0.25) is 0 Å². The molecule has 0 amide bonds. The highest BCUT2D eigenvalue weighted by molar-refractivity contribution is 5.82. The molecular weight excluding hydrogens is 448 g/mol. The number of benzene rings is 1. The van der Waals surface area contributed by atoms with Gasteiger partial charge in [-0.3, -0.25) is 4.98 Å². The zero-order valence-corrected chi connectivity index (χ0v) is 22.1. The van der Waals surface area contributed by atoms with E-state index in [1.54, 1.807) is 0 Å². The van der Waals surface area contributed by atoms with Gasteiger partial charge in [0.25, 0.3) is 0 Å². The van der Waals surface area contributed by atoms with Gasteiger partial charge in [0, 0.05) is 29.2 Å². The molecule has 2 aromatic rings. The molecule has 194 valence electrons. The Hall–Kier alpha value is -1.53. The number of hydrogen-bond donors (Lipinski definition) is 2. The molecule has 0 radical (unpaired) electrons. The van der Waals surface area contributed by atoms with E-state index in [1.807, 2.05) is 26.5 Å².